The largest absolute Gasteiger partial charge is 0.445 e. The molecule has 1 aliphatic heterocycles. The van der Waals surface area contributed by atoms with Gasteiger partial charge in [0.05, 0.1) is 0 Å². The van der Waals surface area contributed by atoms with Gasteiger partial charge >= 0.3 is 6.09 Å². The zero-order valence-electron chi connectivity index (χ0n) is 10.9. The van der Waals surface area contributed by atoms with Crippen LogP contribution in [0.15, 0.2) is 30.3 Å². The third kappa shape index (κ3) is 4.28. The first kappa shape index (κ1) is 13.9. The van der Waals surface area contributed by atoms with Gasteiger partial charge < -0.3 is 9.64 Å². The van der Waals surface area contributed by atoms with Crippen LogP contribution in [0, 0.1) is 0 Å². The average Bonchev–Trinajstić information content (AvgIpc) is 2.85. The molecule has 0 aromatic heterocycles. The van der Waals surface area contributed by atoms with Gasteiger partial charge in [0, 0.05) is 25.3 Å². The highest BCUT2D eigenvalue weighted by Gasteiger charge is 2.28. The van der Waals surface area contributed by atoms with Gasteiger partial charge in [-0.15, -0.1) is 0 Å². The fraction of sp³-hybridized carbons (Fsp3) is 0.429. The van der Waals surface area contributed by atoms with Gasteiger partial charge in [-0.1, -0.05) is 42.1 Å². The van der Waals surface area contributed by atoms with E-state index in [1.807, 2.05) is 30.3 Å². The average molecular weight is 279 g/mol. The molecule has 1 aromatic rings. The molecule has 1 saturated heterocycles. The van der Waals surface area contributed by atoms with E-state index in [0.29, 0.717) is 19.7 Å². The molecule has 1 amide bonds. The van der Waals surface area contributed by atoms with Gasteiger partial charge in [-0.3, -0.25) is 4.79 Å². The van der Waals surface area contributed by atoms with Crippen LogP contribution in [0.3, 0.4) is 0 Å². The highest BCUT2D eigenvalue weighted by atomic mass is 32.2. The summed E-state index contributed by atoms with van der Waals surface area (Å²) in [5.74, 6) is 0. The quantitative estimate of drug-likeness (QED) is 0.853. The lowest BCUT2D eigenvalue weighted by atomic mass is 10.2. The predicted molar refractivity (Wildman–Crippen MR) is 74.9 cm³/mol. The maximum Gasteiger partial charge on any atom is 0.410 e. The first-order valence-electron chi connectivity index (χ1n) is 6.28. The molecule has 5 heteroatoms. The van der Waals surface area contributed by atoms with Crippen molar-refractivity contribution in [2.75, 3.05) is 13.1 Å². The minimum absolute atomic E-state index is 0.101. The van der Waals surface area contributed by atoms with E-state index in [9.17, 15) is 9.59 Å². The standard InChI is InChI=1S/C14H17NO3S/c1-11(16)19-13-7-8-15(9-13)14(17)18-10-12-5-3-2-4-6-12/h2-6,13H,7-10H2,1H3. The van der Waals surface area contributed by atoms with Gasteiger partial charge in [-0.25, -0.2) is 4.79 Å². The van der Waals surface area contributed by atoms with Crippen LogP contribution in [0.2, 0.25) is 0 Å². The summed E-state index contributed by atoms with van der Waals surface area (Å²) < 4.78 is 5.26. The fourth-order valence-electron chi connectivity index (χ4n) is 2.04. The minimum Gasteiger partial charge on any atom is -0.445 e. The van der Waals surface area contributed by atoms with Crippen LogP contribution >= 0.6 is 11.8 Å². The summed E-state index contributed by atoms with van der Waals surface area (Å²) in [4.78, 5) is 24.5. The number of carbonyl (C=O) groups is 2. The van der Waals surface area contributed by atoms with Crippen LogP contribution < -0.4 is 0 Å². The molecule has 4 nitrogen and oxygen atoms in total. The van der Waals surface area contributed by atoms with Gasteiger partial charge in [0.25, 0.3) is 0 Å². The maximum atomic E-state index is 11.9. The van der Waals surface area contributed by atoms with Gasteiger partial charge in [-0.2, -0.15) is 0 Å². The Morgan fingerprint density at radius 3 is 2.79 bits per heavy atom. The molecule has 1 aromatic carbocycles. The van der Waals surface area contributed by atoms with Crippen LogP contribution in [0.25, 0.3) is 0 Å². The molecule has 0 spiro atoms. The molecule has 1 heterocycles. The fourth-order valence-corrected chi connectivity index (χ4v) is 2.98. The van der Waals surface area contributed by atoms with Crippen LogP contribution in [-0.2, 0) is 16.1 Å². The van der Waals surface area contributed by atoms with Crippen LogP contribution in [0.1, 0.15) is 18.9 Å². The number of benzene rings is 1. The monoisotopic (exact) mass is 279 g/mol. The molecule has 102 valence electrons. The molecule has 1 unspecified atom stereocenters. The Hall–Kier alpha value is -1.49. The van der Waals surface area contributed by atoms with Crippen molar-refractivity contribution < 1.29 is 14.3 Å². The number of thioether (sulfide) groups is 1. The Balaban J connectivity index is 1.77. The second-order valence-corrected chi connectivity index (χ2v) is 5.98. The number of rotatable bonds is 3. The second-order valence-electron chi connectivity index (χ2n) is 4.51. The van der Waals surface area contributed by atoms with E-state index in [0.717, 1.165) is 12.0 Å². The van der Waals surface area contributed by atoms with Gasteiger partial charge in [0.1, 0.15) is 6.61 Å². The molecular formula is C14H17NO3S. The molecule has 0 radical (unpaired) electrons. The van der Waals surface area contributed by atoms with E-state index in [1.165, 1.54) is 11.8 Å². The Morgan fingerprint density at radius 2 is 2.11 bits per heavy atom. The SMILES string of the molecule is CC(=O)SC1CCN(C(=O)OCc2ccccc2)C1. The van der Waals surface area contributed by atoms with Gasteiger partial charge in [-0.05, 0) is 12.0 Å². The Labute approximate surface area is 117 Å². The molecule has 1 atom stereocenters. The Kier molecular flexibility index (Phi) is 4.85. The molecular weight excluding hydrogens is 262 g/mol. The number of hydrogen-bond donors (Lipinski definition) is 0. The number of ether oxygens (including phenoxy) is 1. The number of carbonyl (C=O) groups excluding carboxylic acids is 2. The highest BCUT2D eigenvalue weighted by Crippen LogP contribution is 2.23. The normalized spacial score (nSPS) is 18.4. The number of nitrogens with zero attached hydrogens (tertiary/aromatic N) is 1. The zero-order chi connectivity index (χ0) is 13.7. The van der Waals surface area contributed by atoms with Crippen molar-refractivity contribution in [3.63, 3.8) is 0 Å². The predicted octanol–water partition coefficient (Wildman–Crippen LogP) is 2.68. The number of hydrogen-bond acceptors (Lipinski definition) is 4. The minimum atomic E-state index is -0.296. The molecule has 1 aliphatic rings. The molecule has 0 aliphatic carbocycles. The first-order chi connectivity index (χ1) is 9.15. The number of likely N-dealkylation sites (tertiary alicyclic amines) is 1. The lowest BCUT2D eigenvalue weighted by Crippen LogP contribution is -2.29. The van der Waals surface area contributed by atoms with Crippen LogP contribution in [0.5, 0.6) is 0 Å². The second kappa shape index (κ2) is 6.61. The smallest absolute Gasteiger partial charge is 0.410 e. The molecule has 1 fully saturated rings. The molecule has 0 saturated carbocycles. The van der Waals surface area contributed by atoms with Crippen molar-refractivity contribution in [2.45, 2.75) is 25.2 Å². The van der Waals surface area contributed by atoms with Crippen LogP contribution in [-0.4, -0.2) is 34.4 Å². The van der Waals surface area contributed by atoms with Crippen LogP contribution in [0.4, 0.5) is 4.79 Å². The summed E-state index contributed by atoms with van der Waals surface area (Å²) in [6.45, 7) is 3.11. The Morgan fingerprint density at radius 1 is 1.37 bits per heavy atom. The summed E-state index contributed by atoms with van der Waals surface area (Å²) in [5, 5.41) is 0.311. The lowest BCUT2D eigenvalue weighted by Gasteiger charge is -2.16. The van der Waals surface area contributed by atoms with E-state index >= 15 is 0 Å². The topological polar surface area (TPSA) is 46.6 Å². The van der Waals surface area contributed by atoms with E-state index in [-0.39, 0.29) is 16.5 Å². The van der Waals surface area contributed by atoms with Crippen molar-refractivity contribution in [1.82, 2.24) is 4.90 Å². The van der Waals surface area contributed by atoms with Crippen molar-refractivity contribution in [3.05, 3.63) is 35.9 Å². The zero-order valence-corrected chi connectivity index (χ0v) is 11.7. The van der Waals surface area contributed by atoms with Crippen molar-refractivity contribution in [1.29, 1.82) is 0 Å². The number of amides is 1. The van der Waals surface area contributed by atoms with Crippen molar-refractivity contribution in [3.8, 4) is 0 Å². The van der Waals surface area contributed by atoms with E-state index in [1.54, 1.807) is 11.8 Å². The van der Waals surface area contributed by atoms with E-state index in [2.05, 4.69) is 0 Å². The third-order valence-corrected chi connectivity index (χ3v) is 3.99. The summed E-state index contributed by atoms with van der Waals surface area (Å²) in [6.07, 6.45) is 0.556. The lowest BCUT2D eigenvalue weighted by molar-refractivity contribution is -0.109. The molecule has 0 bridgehead atoms. The van der Waals surface area contributed by atoms with Gasteiger partial charge in [0.2, 0.25) is 0 Å². The van der Waals surface area contributed by atoms with E-state index in [4.69, 9.17) is 4.74 Å². The van der Waals surface area contributed by atoms with Crippen molar-refractivity contribution in [2.24, 2.45) is 0 Å². The first-order valence-corrected chi connectivity index (χ1v) is 7.16. The molecule has 19 heavy (non-hydrogen) atoms. The van der Waals surface area contributed by atoms with Gasteiger partial charge in [0.15, 0.2) is 5.12 Å². The van der Waals surface area contributed by atoms with E-state index < -0.39 is 0 Å². The summed E-state index contributed by atoms with van der Waals surface area (Å²) in [5.41, 5.74) is 0.977. The summed E-state index contributed by atoms with van der Waals surface area (Å²) in [7, 11) is 0. The van der Waals surface area contributed by atoms with Crippen molar-refractivity contribution >= 4 is 23.0 Å². The summed E-state index contributed by atoms with van der Waals surface area (Å²) in [6, 6.07) is 9.60. The maximum absolute atomic E-state index is 11.9. The summed E-state index contributed by atoms with van der Waals surface area (Å²) >= 11 is 1.31. The molecule has 2 rings (SSSR count). The third-order valence-electron chi connectivity index (χ3n) is 2.94. The highest BCUT2D eigenvalue weighted by molar-refractivity contribution is 8.14. The molecule has 0 N–H and O–H groups in total. The Bertz CT molecular complexity index is 449.